The summed E-state index contributed by atoms with van der Waals surface area (Å²) in [6.07, 6.45) is 2.91. The molecule has 0 spiro atoms. The molecule has 0 aromatic carbocycles. The molecule has 1 unspecified atom stereocenters. The molecular formula is C13H19F3N2. The molecule has 1 atom stereocenters. The minimum atomic E-state index is -1.28. The molecule has 18 heavy (non-hydrogen) atoms. The summed E-state index contributed by atoms with van der Waals surface area (Å²) in [5.41, 5.74) is 0. The van der Waals surface area contributed by atoms with Gasteiger partial charge in [-0.05, 0) is 19.3 Å². The highest BCUT2D eigenvalue weighted by Gasteiger charge is 2.13. The number of aromatic nitrogens is 1. The SMILES string of the molecule is CC(C)CCCC(C)Nc1nc(F)c(F)cc1F. The second kappa shape index (κ2) is 6.61. The highest BCUT2D eigenvalue weighted by Crippen LogP contribution is 2.17. The minimum Gasteiger partial charge on any atom is -0.365 e. The molecule has 0 aliphatic carbocycles. The lowest BCUT2D eigenvalue weighted by Gasteiger charge is -2.15. The molecule has 0 aliphatic heterocycles. The first-order chi connectivity index (χ1) is 8.40. The molecule has 5 heteroatoms. The van der Waals surface area contributed by atoms with Crippen LogP contribution in [0.1, 0.15) is 40.0 Å². The van der Waals surface area contributed by atoms with E-state index in [0.717, 1.165) is 19.3 Å². The molecule has 0 saturated carbocycles. The lowest BCUT2D eigenvalue weighted by molar-refractivity contribution is 0.464. The molecule has 1 aromatic heterocycles. The Morgan fingerprint density at radius 2 is 1.78 bits per heavy atom. The number of hydrogen-bond acceptors (Lipinski definition) is 2. The Hall–Kier alpha value is -1.26. The second-order valence-corrected chi connectivity index (χ2v) is 4.96. The summed E-state index contributed by atoms with van der Waals surface area (Å²) in [6.45, 7) is 6.13. The van der Waals surface area contributed by atoms with Crippen LogP contribution in [0.3, 0.4) is 0 Å². The number of halogens is 3. The van der Waals surface area contributed by atoms with Crippen molar-refractivity contribution in [3.8, 4) is 0 Å². The van der Waals surface area contributed by atoms with Gasteiger partial charge in [0.25, 0.3) is 5.95 Å². The van der Waals surface area contributed by atoms with Crippen LogP contribution in [-0.4, -0.2) is 11.0 Å². The molecule has 0 saturated heterocycles. The van der Waals surface area contributed by atoms with Crippen LogP contribution >= 0.6 is 0 Å². The molecule has 0 fully saturated rings. The molecular weight excluding hydrogens is 241 g/mol. The summed E-state index contributed by atoms with van der Waals surface area (Å²) in [6, 6.07) is 0.474. The predicted molar refractivity (Wildman–Crippen MR) is 65.9 cm³/mol. The van der Waals surface area contributed by atoms with E-state index < -0.39 is 17.6 Å². The van der Waals surface area contributed by atoms with Crippen LogP contribution in [0.15, 0.2) is 6.07 Å². The maximum Gasteiger partial charge on any atom is 0.251 e. The van der Waals surface area contributed by atoms with Crippen LogP contribution in [0.4, 0.5) is 19.0 Å². The Kier molecular flexibility index (Phi) is 5.44. The van der Waals surface area contributed by atoms with Crippen LogP contribution in [0.2, 0.25) is 0 Å². The molecule has 1 rings (SSSR count). The van der Waals surface area contributed by atoms with E-state index in [9.17, 15) is 13.2 Å². The van der Waals surface area contributed by atoms with Gasteiger partial charge in [-0.3, -0.25) is 0 Å². The van der Waals surface area contributed by atoms with Crippen LogP contribution in [-0.2, 0) is 0 Å². The minimum absolute atomic E-state index is 0.0318. The molecule has 1 aromatic rings. The zero-order chi connectivity index (χ0) is 13.7. The van der Waals surface area contributed by atoms with Gasteiger partial charge in [-0.25, -0.2) is 8.78 Å². The summed E-state index contributed by atoms with van der Waals surface area (Å²) in [7, 11) is 0. The lowest BCUT2D eigenvalue weighted by atomic mass is 10.0. The van der Waals surface area contributed by atoms with Gasteiger partial charge in [0.1, 0.15) is 0 Å². The fourth-order valence-corrected chi connectivity index (χ4v) is 1.68. The van der Waals surface area contributed by atoms with E-state index in [-0.39, 0.29) is 11.9 Å². The van der Waals surface area contributed by atoms with Gasteiger partial charge in [-0.15, -0.1) is 0 Å². The standard InChI is InChI=1S/C13H19F3N2/c1-8(2)5-4-6-9(3)17-13-11(15)7-10(14)12(16)18-13/h7-9H,4-6H2,1-3H3,(H,17,18). The van der Waals surface area contributed by atoms with Gasteiger partial charge in [0.2, 0.25) is 0 Å². The summed E-state index contributed by atoms with van der Waals surface area (Å²) in [4.78, 5) is 3.23. The number of nitrogens with one attached hydrogen (secondary N) is 1. The first kappa shape index (κ1) is 14.8. The first-order valence-corrected chi connectivity index (χ1v) is 6.18. The number of nitrogens with zero attached hydrogens (tertiary/aromatic N) is 1. The Morgan fingerprint density at radius 1 is 1.11 bits per heavy atom. The molecule has 0 aliphatic rings. The van der Waals surface area contributed by atoms with Gasteiger partial charge in [0.15, 0.2) is 17.5 Å². The van der Waals surface area contributed by atoms with E-state index in [1.54, 1.807) is 0 Å². The summed E-state index contributed by atoms with van der Waals surface area (Å²) in [5, 5.41) is 2.76. The Bertz CT molecular complexity index is 394. The van der Waals surface area contributed by atoms with Gasteiger partial charge in [-0.1, -0.05) is 26.7 Å². The van der Waals surface area contributed by atoms with Crippen molar-refractivity contribution in [2.75, 3.05) is 5.32 Å². The molecule has 1 heterocycles. The van der Waals surface area contributed by atoms with Gasteiger partial charge >= 0.3 is 0 Å². The number of rotatable bonds is 6. The first-order valence-electron chi connectivity index (χ1n) is 6.18. The van der Waals surface area contributed by atoms with Crippen molar-refractivity contribution in [1.29, 1.82) is 0 Å². The quantitative estimate of drug-likeness (QED) is 0.778. The Morgan fingerprint density at radius 3 is 2.39 bits per heavy atom. The largest absolute Gasteiger partial charge is 0.365 e. The topological polar surface area (TPSA) is 24.9 Å². The van der Waals surface area contributed by atoms with Crippen molar-refractivity contribution in [3.05, 3.63) is 23.6 Å². The van der Waals surface area contributed by atoms with Crippen LogP contribution < -0.4 is 5.32 Å². The molecule has 2 nitrogen and oxygen atoms in total. The second-order valence-electron chi connectivity index (χ2n) is 4.96. The van der Waals surface area contributed by atoms with Gasteiger partial charge in [0.05, 0.1) is 0 Å². The van der Waals surface area contributed by atoms with Crippen molar-refractivity contribution in [1.82, 2.24) is 4.98 Å². The summed E-state index contributed by atoms with van der Waals surface area (Å²) >= 11 is 0. The maximum absolute atomic E-state index is 13.3. The van der Waals surface area contributed by atoms with Crippen LogP contribution in [0.25, 0.3) is 0 Å². The van der Waals surface area contributed by atoms with Gasteiger partial charge in [-0.2, -0.15) is 9.37 Å². The Labute approximate surface area is 106 Å². The van der Waals surface area contributed by atoms with Crippen LogP contribution in [0, 0.1) is 23.5 Å². The van der Waals surface area contributed by atoms with Crippen molar-refractivity contribution in [2.45, 2.75) is 46.1 Å². The smallest absolute Gasteiger partial charge is 0.251 e. The van der Waals surface area contributed by atoms with Crippen molar-refractivity contribution in [3.63, 3.8) is 0 Å². The number of pyridine rings is 1. The summed E-state index contributed by atoms with van der Waals surface area (Å²) < 4.78 is 38.9. The van der Waals surface area contributed by atoms with Gasteiger partial charge < -0.3 is 5.32 Å². The normalized spacial score (nSPS) is 12.8. The zero-order valence-electron chi connectivity index (χ0n) is 10.9. The molecule has 0 amide bonds. The van der Waals surface area contributed by atoms with Crippen LogP contribution in [0.5, 0.6) is 0 Å². The van der Waals surface area contributed by atoms with E-state index in [1.165, 1.54) is 0 Å². The molecule has 1 N–H and O–H groups in total. The summed E-state index contributed by atoms with van der Waals surface area (Å²) in [5.74, 6) is -3.04. The average Bonchev–Trinajstić information content (AvgIpc) is 2.25. The zero-order valence-corrected chi connectivity index (χ0v) is 10.9. The fraction of sp³-hybridized carbons (Fsp3) is 0.615. The van der Waals surface area contributed by atoms with Crippen molar-refractivity contribution < 1.29 is 13.2 Å². The Balaban J connectivity index is 2.54. The highest BCUT2D eigenvalue weighted by atomic mass is 19.2. The van der Waals surface area contributed by atoms with Crippen molar-refractivity contribution >= 4 is 5.82 Å². The molecule has 0 bridgehead atoms. The monoisotopic (exact) mass is 260 g/mol. The van der Waals surface area contributed by atoms with E-state index in [2.05, 4.69) is 24.1 Å². The lowest BCUT2D eigenvalue weighted by Crippen LogP contribution is -2.18. The number of hydrogen-bond donors (Lipinski definition) is 1. The molecule has 0 radical (unpaired) electrons. The predicted octanol–water partition coefficient (Wildman–Crippen LogP) is 4.13. The fourth-order valence-electron chi connectivity index (χ4n) is 1.68. The maximum atomic E-state index is 13.3. The average molecular weight is 260 g/mol. The van der Waals surface area contributed by atoms with E-state index >= 15 is 0 Å². The van der Waals surface area contributed by atoms with E-state index in [1.807, 2.05) is 6.92 Å². The highest BCUT2D eigenvalue weighted by molar-refractivity contribution is 5.37. The van der Waals surface area contributed by atoms with Crippen molar-refractivity contribution in [2.24, 2.45) is 5.92 Å². The molecule has 102 valence electrons. The number of anilines is 1. The van der Waals surface area contributed by atoms with E-state index in [4.69, 9.17) is 0 Å². The van der Waals surface area contributed by atoms with Gasteiger partial charge in [0, 0.05) is 12.1 Å². The van der Waals surface area contributed by atoms with E-state index in [0.29, 0.717) is 12.0 Å². The third-order valence-corrected chi connectivity index (χ3v) is 2.69. The third-order valence-electron chi connectivity index (χ3n) is 2.69. The third kappa shape index (κ3) is 4.55.